The number of methoxy groups -OCH3 is 1. The molecule has 3 aromatic carbocycles. The first kappa shape index (κ1) is 25.0. The van der Waals surface area contributed by atoms with E-state index in [1.165, 1.54) is 11.8 Å². The molecular formula is C28H25ClN4O3S. The number of nitrogens with one attached hydrogen (secondary N) is 1. The Morgan fingerprint density at radius 3 is 2.68 bits per heavy atom. The zero-order valence-electron chi connectivity index (χ0n) is 20.3. The van der Waals surface area contributed by atoms with Crippen LogP contribution in [0.2, 0.25) is 5.02 Å². The molecule has 3 aromatic rings. The first-order valence-corrected chi connectivity index (χ1v) is 13.1. The molecule has 7 nitrogen and oxygen atoms in total. The number of thioether (sulfide) groups is 1. The van der Waals surface area contributed by atoms with Crippen LogP contribution < -0.4 is 10.1 Å². The van der Waals surface area contributed by atoms with Crippen LogP contribution in [-0.4, -0.2) is 40.1 Å². The Hall–Kier alpha value is -3.62. The van der Waals surface area contributed by atoms with E-state index in [1.807, 2.05) is 60.5 Å². The molecule has 0 unspecified atom stereocenters. The minimum Gasteiger partial charge on any atom is -0.495 e. The molecule has 2 aliphatic rings. The number of benzene rings is 3. The number of nitrogens with zero attached hydrogens (tertiary/aromatic N) is 3. The first-order valence-electron chi connectivity index (χ1n) is 11.8. The molecule has 0 aromatic heterocycles. The van der Waals surface area contributed by atoms with E-state index in [9.17, 15) is 9.59 Å². The third-order valence-electron chi connectivity index (χ3n) is 6.19. The van der Waals surface area contributed by atoms with Crippen LogP contribution in [0.4, 0.5) is 5.69 Å². The van der Waals surface area contributed by atoms with Crippen molar-refractivity contribution < 1.29 is 14.3 Å². The second-order valence-electron chi connectivity index (χ2n) is 8.82. The summed E-state index contributed by atoms with van der Waals surface area (Å²) < 4.78 is 5.30. The molecule has 188 valence electrons. The van der Waals surface area contributed by atoms with Crippen LogP contribution in [0, 0.1) is 6.92 Å². The zero-order chi connectivity index (χ0) is 25.9. The molecule has 0 fully saturated rings. The molecule has 0 radical (unpaired) electrons. The Balaban J connectivity index is 1.35. The summed E-state index contributed by atoms with van der Waals surface area (Å²) in [4.78, 5) is 29.9. The van der Waals surface area contributed by atoms with Crippen molar-refractivity contribution in [3.05, 3.63) is 94.5 Å². The number of anilines is 1. The van der Waals surface area contributed by atoms with E-state index in [0.717, 1.165) is 22.4 Å². The zero-order valence-corrected chi connectivity index (χ0v) is 21.9. The van der Waals surface area contributed by atoms with Crippen LogP contribution in [0.25, 0.3) is 0 Å². The fourth-order valence-corrected chi connectivity index (χ4v) is 5.55. The van der Waals surface area contributed by atoms with Crippen molar-refractivity contribution in [3.8, 4) is 5.75 Å². The van der Waals surface area contributed by atoms with E-state index in [0.29, 0.717) is 28.0 Å². The molecule has 2 amide bonds. The van der Waals surface area contributed by atoms with Crippen LogP contribution in [0.3, 0.4) is 0 Å². The van der Waals surface area contributed by atoms with Crippen molar-refractivity contribution in [1.82, 2.24) is 5.01 Å². The number of hydrogen-bond acceptors (Lipinski definition) is 6. The summed E-state index contributed by atoms with van der Waals surface area (Å²) in [5, 5.41) is 10.1. The molecule has 1 N–H and O–H groups in total. The lowest BCUT2D eigenvalue weighted by molar-refractivity contribution is -0.121. The highest BCUT2D eigenvalue weighted by molar-refractivity contribution is 8.15. The molecule has 0 aliphatic carbocycles. The largest absolute Gasteiger partial charge is 0.495 e. The number of hydrazone groups is 1. The molecule has 37 heavy (non-hydrogen) atoms. The van der Waals surface area contributed by atoms with Crippen LogP contribution in [0.1, 0.15) is 35.6 Å². The molecule has 0 bridgehead atoms. The number of halogens is 1. The molecule has 9 heteroatoms. The number of aliphatic imine (C=N–C) groups is 1. The van der Waals surface area contributed by atoms with Crippen LogP contribution in [0.15, 0.2) is 82.9 Å². The van der Waals surface area contributed by atoms with Gasteiger partial charge in [-0.2, -0.15) is 10.1 Å². The summed E-state index contributed by atoms with van der Waals surface area (Å²) in [6.45, 7) is 2.05. The number of rotatable bonds is 6. The summed E-state index contributed by atoms with van der Waals surface area (Å²) in [5.74, 6) is -0.0672. The van der Waals surface area contributed by atoms with Gasteiger partial charge in [0, 0.05) is 17.9 Å². The van der Waals surface area contributed by atoms with Gasteiger partial charge in [0.1, 0.15) is 11.0 Å². The van der Waals surface area contributed by atoms with Crippen molar-refractivity contribution in [2.24, 2.45) is 10.1 Å². The molecule has 2 heterocycles. The summed E-state index contributed by atoms with van der Waals surface area (Å²) in [6.07, 6.45) is 0.642. The van der Waals surface area contributed by atoms with E-state index < -0.39 is 5.25 Å². The monoisotopic (exact) mass is 532 g/mol. The quantitative estimate of drug-likeness (QED) is 0.431. The highest BCUT2D eigenvalue weighted by Crippen LogP contribution is 2.39. The molecule has 0 saturated heterocycles. The smallest absolute Gasteiger partial charge is 0.262 e. The average Bonchev–Trinajstić information content (AvgIpc) is 3.49. The van der Waals surface area contributed by atoms with Gasteiger partial charge in [-0.05, 0) is 42.3 Å². The molecule has 0 saturated carbocycles. The lowest BCUT2D eigenvalue weighted by Gasteiger charge is -2.23. The molecule has 5 rings (SSSR count). The second kappa shape index (κ2) is 10.8. The van der Waals surface area contributed by atoms with Gasteiger partial charge in [0.05, 0.1) is 24.6 Å². The summed E-state index contributed by atoms with van der Waals surface area (Å²) in [7, 11) is 1.54. The predicted octanol–water partition coefficient (Wildman–Crippen LogP) is 5.83. The lowest BCUT2D eigenvalue weighted by Crippen LogP contribution is -2.25. The maximum atomic E-state index is 12.8. The van der Waals surface area contributed by atoms with Gasteiger partial charge in [-0.25, -0.2) is 5.01 Å². The van der Waals surface area contributed by atoms with Gasteiger partial charge in [-0.3, -0.25) is 9.59 Å². The minimum atomic E-state index is -0.627. The number of carbonyl (C=O) groups excluding carboxylic acids is 2. The average molecular weight is 533 g/mol. The molecule has 2 atom stereocenters. The second-order valence-corrected chi connectivity index (χ2v) is 10.4. The fraction of sp³-hybridized carbons (Fsp3) is 0.214. The van der Waals surface area contributed by atoms with Crippen molar-refractivity contribution in [1.29, 1.82) is 0 Å². The number of amides is 2. The summed E-state index contributed by atoms with van der Waals surface area (Å²) >= 11 is 7.36. The maximum Gasteiger partial charge on any atom is 0.262 e. The number of aryl methyl sites for hydroxylation is 1. The lowest BCUT2D eigenvalue weighted by atomic mass is 9.97. The van der Waals surface area contributed by atoms with Crippen LogP contribution in [0.5, 0.6) is 5.75 Å². The van der Waals surface area contributed by atoms with Crippen molar-refractivity contribution in [2.45, 2.75) is 31.1 Å². The van der Waals surface area contributed by atoms with Crippen molar-refractivity contribution in [3.63, 3.8) is 0 Å². The Bertz CT molecular complexity index is 1410. The SMILES string of the molecule is COc1ccccc1NC(=O)C[C@H]1SC(N2N=C(c3ccc(Cl)cc3)C[C@H]2c2cccc(C)c2)=NC1=O. The van der Waals surface area contributed by atoms with Gasteiger partial charge >= 0.3 is 0 Å². The normalized spacial score (nSPS) is 19.0. The molecular weight excluding hydrogens is 508 g/mol. The van der Waals surface area contributed by atoms with E-state index in [-0.39, 0.29) is 24.3 Å². The predicted molar refractivity (Wildman–Crippen MR) is 148 cm³/mol. The highest BCUT2D eigenvalue weighted by atomic mass is 35.5. The van der Waals surface area contributed by atoms with E-state index >= 15 is 0 Å². The van der Waals surface area contributed by atoms with E-state index in [1.54, 1.807) is 19.2 Å². The number of amidine groups is 1. The highest BCUT2D eigenvalue weighted by Gasteiger charge is 2.39. The third kappa shape index (κ3) is 5.55. The topological polar surface area (TPSA) is 83.4 Å². The van der Waals surface area contributed by atoms with E-state index in [4.69, 9.17) is 21.4 Å². The fourth-order valence-electron chi connectivity index (χ4n) is 4.36. The van der Waals surface area contributed by atoms with E-state index in [2.05, 4.69) is 22.4 Å². The van der Waals surface area contributed by atoms with Crippen LogP contribution >= 0.6 is 23.4 Å². The number of para-hydroxylation sites is 2. The summed E-state index contributed by atoms with van der Waals surface area (Å²) in [6, 6.07) is 22.8. The molecule has 0 spiro atoms. The summed E-state index contributed by atoms with van der Waals surface area (Å²) in [5.41, 5.74) is 4.63. The number of carbonyl (C=O) groups is 2. The maximum absolute atomic E-state index is 12.8. The van der Waals surface area contributed by atoms with Crippen molar-refractivity contribution >= 4 is 51.7 Å². The third-order valence-corrected chi connectivity index (χ3v) is 7.59. The Morgan fingerprint density at radius 2 is 1.92 bits per heavy atom. The Kier molecular flexibility index (Phi) is 7.30. The number of hydrogen-bond donors (Lipinski definition) is 1. The molecule has 2 aliphatic heterocycles. The van der Waals surface area contributed by atoms with Gasteiger partial charge in [0.2, 0.25) is 5.91 Å². The number of ether oxygens (including phenoxy) is 1. The Labute approximate surface area is 224 Å². The van der Waals surface area contributed by atoms with Gasteiger partial charge < -0.3 is 10.1 Å². The van der Waals surface area contributed by atoms with Gasteiger partial charge in [0.15, 0.2) is 5.17 Å². The standard InChI is InChI=1S/C28H25ClN4O3S/c1-17-6-5-7-19(14-17)23-15-22(18-10-12-20(29)13-11-18)32-33(23)28-31-27(35)25(37-28)16-26(34)30-21-8-3-4-9-24(21)36-2/h3-14,23,25H,15-16H2,1-2H3,(H,30,34)/t23-,25+/m0/s1. The van der Waals surface area contributed by atoms with Gasteiger partial charge in [-0.15, -0.1) is 0 Å². The van der Waals surface area contributed by atoms with Crippen LogP contribution in [-0.2, 0) is 9.59 Å². The van der Waals surface area contributed by atoms with Gasteiger partial charge in [-0.1, -0.05) is 77.5 Å². The first-order chi connectivity index (χ1) is 17.9. The Morgan fingerprint density at radius 1 is 1.14 bits per heavy atom. The van der Waals surface area contributed by atoms with Crippen molar-refractivity contribution in [2.75, 3.05) is 12.4 Å². The van der Waals surface area contributed by atoms with Gasteiger partial charge in [0.25, 0.3) is 5.91 Å². The minimum absolute atomic E-state index is 0.00867.